The van der Waals surface area contributed by atoms with Crippen LogP contribution in [-0.2, 0) is 0 Å². The van der Waals surface area contributed by atoms with E-state index in [0.29, 0.717) is 10.8 Å². The Balaban J connectivity index is 1.53. The largest absolute Gasteiger partial charge is 0.393 e. The number of aliphatic hydroxyl groups is 2. The molecule has 0 aromatic carbocycles. The van der Waals surface area contributed by atoms with Crippen molar-refractivity contribution in [1.29, 1.82) is 0 Å². The number of aliphatic hydroxyl groups excluding tert-OH is 2. The first-order valence-corrected chi connectivity index (χ1v) is 11.8. The first-order valence-electron chi connectivity index (χ1n) is 11.8. The highest BCUT2D eigenvalue weighted by Crippen LogP contribution is 2.67. The lowest BCUT2D eigenvalue weighted by Crippen LogP contribution is -2.50. The average molecular weight is 375 g/mol. The Morgan fingerprint density at radius 1 is 1.04 bits per heavy atom. The van der Waals surface area contributed by atoms with Crippen LogP contribution in [0.15, 0.2) is 11.6 Å². The number of allylic oxidation sites excluding steroid dienone is 1. The van der Waals surface area contributed by atoms with Gasteiger partial charge in [-0.1, -0.05) is 32.4 Å². The second kappa shape index (κ2) is 7.17. The van der Waals surface area contributed by atoms with Crippen molar-refractivity contribution in [2.45, 2.75) is 104 Å². The SMILES string of the molecule is CC(O)CC[C@@H](C)C1CCC2C3CC=C4CC(O)CCC4(C)C3CCC21C. The zero-order chi connectivity index (χ0) is 19.4. The Hall–Kier alpha value is -0.340. The standard InChI is InChI=1S/C25H42O2/c1-16(5-6-17(2)26)21-9-10-22-20-8-7-18-15-19(27)11-13-24(18,3)23(20)12-14-25(21,22)4/h7,16-17,19-23,26-27H,5-6,8-15H2,1-4H3/t16-,17?,19?,20?,21?,22?,23?,24?,25?/m1/s1. The molecule has 3 saturated carbocycles. The van der Waals surface area contributed by atoms with Crippen molar-refractivity contribution >= 4 is 0 Å². The summed E-state index contributed by atoms with van der Waals surface area (Å²) in [4.78, 5) is 0. The molecule has 0 spiro atoms. The maximum Gasteiger partial charge on any atom is 0.0577 e. The molecule has 27 heavy (non-hydrogen) atoms. The highest BCUT2D eigenvalue weighted by molar-refractivity contribution is 5.25. The molecular formula is C25H42O2. The van der Waals surface area contributed by atoms with Gasteiger partial charge in [-0.2, -0.15) is 0 Å². The van der Waals surface area contributed by atoms with Crippen molar-refractivity contribution in [3.63, 3.8) is 0 Å². The normalized spacial score (nSPS) is 48.8. The Labute approximate surface area is 166 Å². The maximum atomic E-state index is 10.2. The smallest absolute Gasteiger partial charge is 0.0577 e. The number of rotatable bonds is 4. The van der Waals surface area contributed by atoms with Gasteiger partial charge in [0.05, 0.1) is 12.2 Å². The third-order valence-electron chi connectivity index (χ3n) is 9.88. The molecule has 3 fully saturated rings. The van der Waals surface area contributed by atoms with Crippen molar-refractivity contribution in [2.24, 2.45) is 40.4 Å². The summed E-state index contributed by atoms with van der Waals surface area (Å²) < 4.78 is 0. The number of hydrogen-bond donors (Lipinski definition) is 2. The fraction of sp³-hybridized carbons (Fsp3) is 0.920. The minimum absolute atomic E-state index is 0.0969. The van der Waals surface area contributed by atoms with Gasteiger partial charge >= 0.3 is 0 Å². The lowest BCUT2D eigenvalue weighted by molar-refractivity contribution is -0.0577. The quantitative estimate of drug-likeness (QED) is 0.618. The molecule has 0 heterocycles. The Bertz CT molecular complexity index is 581. The Morgan fingerprint density at radius 3 is 2.56 bits per heavy atom. The molecule has 2 heteroatoms. The predicted octanol–water partition coefficient (Wildman–Crippen LogP) is 5.72. The van der Waals surface area contributed by atoms with Crippen LogP contribution in [0.4, 0.5) is 0 Å². The molecule has 4 aliphatic rings. The summed E-state index contributed by atoms with van der Waals surface area (Å²) in [6.07, 6.45) is 14.4. The van der Waals surface area contributed by atoms with E-state index in [-0.39, 0.29) is 12.2 Å². The van der Waals surface area contributed by atoms with Crippen LogP contribution in [0.2, 0.25) is 0 Å². The van der Waals surface area contributed by atoms with Crippen molar-refractivity contribution in [3.8, 4) is 0 Å². The van der Waals surface area contributed by atoms with Gasteiger partial charge in [0.2, 0.25) is 0 Å². The molecule has 154 valence electrons. The predicted molar refractivity (Wildman–Crippen MR) is 111 cm³/mol. The second-order valence-corrected chi connectivity index (χ2v) is 11.3. The molecule has 2 N–H and O–H groups in total. The Kier molecular flexibility index (Phi) is 5.30. The monoisotopic (exact) mass is 374 g/mol. The van der Waals surface area contributed by atoms with Gasteiger partial charge < -0.3 is 10.2 Å². The summed E-state index contributed by atoms with van der Waals surface area (Å²) in [7, 11) is 0. The summed E-state index contributed by atoms with van der Waals surface area (Å²) in [6, 6.07) is 0. The molecule has 0 aliphatic heterocycles. The van der Waals surface area contributed by atoms with Gasteiger partial charge in [-0.05, 0) is 112 Å². The summed E-state index contributed by atoms with van der Waals surface area (Å²) in [5.74, 6) is 4.17. The van der Waals surface area contributed by atoms with Crippen molar-refractivity contribution < 1.29 is 10.2 Å². The molecular weight excluding hydrogens is 332 g/mol. The van der Waals surface area contributed by atoms with Crippen LogP contribution in [-0.4, -0.2) is 22.4 Å². The molecule has 4 rings (SSSR count). The van der Waals surface area contributed by atoms with Crippen LogP contribution in [0.25, 0.3) is 0 Å². The van der Waals surface area contributed by atoms with Crippen molar-refractivity contribution in [2.75, 3.05) is 0 Å². The minimum Gasteiger partial charge on any atom is -0.393 e. The molecule has 4 aliphatic carbocycles. The van der Waals surface area contributed by atoms with E-state index in [1.807, 2.05) is 6.92 Å². The topological polar surface area (TPSA) is 40.5 Å². The van der Waals surface area contributed by atoms with Crippen LogP contribution in [0.3, 0.4) is 0 Å². The highest BCUT2D eigenvalue weighted by atomic mass is 16.3. The van der Waals surface area contributed by atoms with Crippen LogP contribution in [0.5, 0.6) is 0 Å². The molecule has 2 nitrogen and oxygen atoms in total. The molecule has 8 unspecified atom stereocenters. The van der Waals surface area contributed by atoms with E-state index < -0.39 is 0 Å². The van der Waals surface area contributed by atoms with E-state index in [1.54, 1.807) is 5.57 Å². The van der Waals surface area contributed by atoms with Crippen molar-refractivity contribution in [3.05, 3.63) is 11.6 Å². The van der Waals surface area contributed by atoms with Gasteiger partial charge in [0.1, 0.15) is 0 Å². The average Bonchev–Trinajstić information content (AvgIpc) is 2.97. The zero-order valence-corrected chi connectivity index (χ0v) is 18.1. The molecule has 0 amide bonds. The second-order valence-electron chi connectivity index (χ2n) is 11.3. The van der Waals surface area contributed by atoms with Crippen LogP contribution >= 0.6 is 0 Å². The van der Waals surface area contributed by atoms with E-state index in [1.165, 1.54) is 44.9 Å². The van der Waals surface area contributed by atoms with Gasteiger partial charge in [-0.25, -0.2) is 0 Å². The van der Waals surface area contributed by atoms with Gasteiger partial charge in [0.15, 0.2) is 0 Å². The zero-order valence-electron chi connectivity index (χ0n) is 18.1. The molecule has 0 saturated heterocycles. The fourth-order valence-electron chi connectivity index (χ4n) is 8.32. The van der Waals surface area contributed by atoms with E-state index in [0.717, 1.165) is 48.9 Å². The van der Waals surface area contributed by atoms with Crippen molar-refractivity contribution in [1.82, 2.24) is 0 Å². The van der Waals surface area contributed by atoms with Crippen LogP contribution in [0, 0.1) is 40.4 Å². The van der Waals surface area contributed by atoms with E-state index in [9.17, 15) is 10.2 Å². The summed E-state index contributed by atoms with van der Waals surface area (Å²) in [5.41, 5.74) is 2.46. The third kappa shape index (κ3) is 3.23. The summed E-state index contributed by atoms with van der Waals surface area (Å²) >= 11 is 0. The molecule has 0 radical (unpaired) electrons. The minimum atomic E-state index is -0.156. The lowest BCUT2D eigenvalue weighted by Gasteiger charge is -2.58. The third-order valence-corrected chi connectivity index (χ3v) is 9.88. The fourth-order valence-corrected chi connectivity index (χ4v) is 8.32. The van der Waals surface area contributed by atoms with Gasteiger partial charge in [0.25, 0.3) is 0 Å². The van der Waals surface area contributed by atoms with Gasteiger partial charge in [0, 0.05) is 0 Å². The van der Waals surface area contributed by atoms with Crippen LogP contribution < -0.4 is 0 Å². The van der Waals surface area contributed by atoms with Gasteiger partial charge in [-0.15, -0.1) is 0 Å². The molecule has 0 bridgehead atoms. The highest BCUT2D eigenvalue weighted by Gasteiger charge is 2.59. The first-order chi connectivity index (χ1) is 12.8. The van der Waals surface area contributed by atoms with Gasteiger partial charge in [-0.3, -0.25) is 0 Å². The summed E-state index contributed by atoms with van der Waals surface area (Å²) in [6.45, 7) is 9.54. The van der Waals surface area contributed by atoms with E-state index in [2.05, 4.69) is 26.8 Å². The number of hydrogen-bond acceptors (Lipinski definition) is 2. The molecule has 0 aromatic heterocycles. The first kappa shape index (κ1) is 20.0. The molecule has 0 aromatic rings. The van der Waals surface area contributed by atoms with E-state index >= 15 is 0 Å². The summed E-state index contributed by atoms with van der Waals surface area (Å²) in [5, 5.41) is 19.9. The van der Waals surface area contributed by atoms with E-state index in [4.69, 9.17) is 0 Å². The van der Waals surface area contributed by atoms with Crippen LogP contribution in [0.1, 0.15) is 91.9 Å². The lowest BCUT2D eigenvalue weighted by atomic mass is 9.47. The number of fused-ring (bicyclic) bond motifs is 5. The maximum absolute atomic E-state index is 10.2. The molecule has 9 atom stereocenters. The Morgan fingerprint density at radius 2 is 1.81 bits per heavy atom.